The Morgan fingerprint density at radius 2 is 2.07 bits per heavy atom. The summed E-state index contributed by atoms with van der Waals surface area (Å²) in [6.07, 6.45) is 2.94. The summed E-state index contributed by atoms with van der Waals surface area (Å²) in [5.74, 6) is -0.719. The number of fused-ring (bicyclic) bond motifs is 1. The largest absolute Gasteiger partial charge is 0.506 e. The van der Waals surface area contributed by atoms with Gasteiger partial charge in [-0.25, -0.2) is 0 Å². The molecule has 140 valence electrons. The Balaban J connectivity index is 1.68. The van der Waals surface area contributed by atoms with Gasteiger partial charge in [0.05, 0.1) is 15.6 Å². The second-order valence-corrected chi connectivity index (χ2v) is 8.31. The van der Waals surface area contributed by atoms with E-state index in [9.17, 15) is 14.7 Å². The number of phenolic OH excluding ortho intramolecular Hbond substituents is 1. The molecule has 0 saturated carbocycles. The number of aromatic amines is 1. The summed E-state index contributed by atoms with van der Waals surface area (Å²) < 4.78 is 0.295. The molecule has 1 fully saturated rings. The molecule has 0 radical (unpaired) electrons. The number of hydrogen-bond donors (Lipinski definition) is 2. The number of H-pyrrole nitrogens is 1. The number of para-hydroxylation sites is 1. The van der Waals surface area contributed by atoms with Crippen LogP contribution < -0.4 is 4.90 Å². The van der Waals surface area contributed by atoms with Crippen molar-refractivity contribution in [2.45, 2.75) is 6.92 Å². The summed E-state index contributed by atoms with van der Waals surface area (Å²) in [5.41, 5.74) is 2.31. The molecule has 5 nitrogen and oxygen atoms in total. The first kappa shape index (κ1) is 18.7. The third-order valence-electron chi connectivity index (χ3n) is 4.41. The molecule has 2 heterocycles. The Morgan fingerprint density at radius 3 is 2.82 bits per heavy atom. The van der Waals surface area contributed by atoms with Crippen LogP contribution in [0, 0.1) is 6.92 Å². The van der Waals surface area contributed by atoms with Crippen LogP contribution in [0.4, 0.5) is 5.69 Å². The first-order valence-corrected chi connectivity index (χ1v) is 9.84. The van der Waals surface area contributed by atoms with Crippen LogP contribution in [0.15, 0.2) is 53.6 Å². The van der Waals surface area contributed by atoms with Gasteiger partial charge in [0.1, 0.15) is 5.75 Å². The molecule has 0 unspecified atom stereocenters. The number of hydrogen-bond acceptors (Lipinski definition) is 5. The predicted octanol–water partition coefficient (Wildman–Crippen LogP) is 4.97. The highest BCUT2D eigenvalue weighted by Gasteiger charge is 2.34. The van der Waals surface area contributed by atoms with Crippen LogP contribution in [-0.4, -0.2) is 26.1 Å². The lowest BCUT2D eigenvalue weighted by atomic mass is 10.1. The van der Waals surface area contributed by atoms with Crippen LogP contribution in [0.25, 0.3) is 10.9 Å². The number of anilines is 1. The summed E-state index contributed by atoms with van der Waals surface area (Å²) in [6, 6.07) is 10.5. The van der Waals surface area contributed by atoms with E-state index in [1.165, 1.54) is 17.0 Å². The predicted molar refractivity (Wildman–Crippen MR) is 116 cm³/mol. The summed E-state index contributed by atoms with van der Waals surface area (Å²) in [4.78, 5) is 30.2. The minimum absolute atomic E-state index is 0.0408. The van der Waals surface area contributed by atoms with Gasteiger partial charge in [0, 0.05) is 28.7 Å². The van der Waals surface area contributed by atoms with Crippen molar-refractivity contribution in [3.63, 3.8) is 0 Å². The Kier molecular flexibility index (Phi) is 4.74. The molecule has 1 saturated heterocycles. The maximum Gasteiger partial charge on any atom is 0.270 e. The van der Waals surface area contributed by atoms with Gasteiger partial charge in [-0.15, -0.1) is 0 Å². The van der Waals surface area contributed by atoms with Crippen molar-refractivity contribution in [2.75, 3.05) is 4.90 Å². The number of halogens is 1. The van der Waals surface area contributed by atoms with Crippen LogP contribution in [0.5, 0.6) is 5.75 Å². The molecule has 1 amide bonds. The average Bonchev–Trinajstić information content (AvgIpc) is 3.20. The number of carbonyl (C=O) groups excluding carboxylic acids is 2. The van der Waals surface area contributed by atoms with Gasteiger partial charge in [0.2, 0.25) is 0 Å². The van der Waals surface area contributed by atoms with Crippen molar-refractivity contribution < 1.29 is 14.7 Å². The zero-order chi connectivity index (χ0) is 20.0. The Labute approximate surface area is 175 Å². The SMILES string of the molecule is Cc1cc(N2C(=O)/C(=C/C(=O)c3c[nH]c4ccccc34)SC2=S)cc(Cl)c1O. The molecule has 1 aliphatic heterocycles. The monoisotopic (exact) mass is 428 g/mol. The molecule has 0 aliphatic carbocycles. The molecule has 8 heteroatoms. The standard InChI is InChI=1S/C20H13ClN2O3S2/c1-10-6-11(7-14(21)18(10)25)23-19(26)17(28-20(23)27)8-16(24)13-9-22-15-5-3-2-4-12(13)15/h2-9,22,25H,1H3/b17-8-. The highest BCUT2D eigenvalue weighted by atomic mass is 35.5. The van der Waals surface area contributed by atoms with Crippen LogP contribution in [-0.2, 0) is 4.79 Å². The summed E-state index contributed by atoms with van der Waals surface area (Å²) >= 11 is 12.4. The Morgan fingerprint density at radius 1 is 1.32 bits per heavy atom. The zero-order valence-corrected chi connectivity index (χ0v) is 16.9. The van der Waals surface area contributed by atoms with Gasteiger partial charge in [-0.2, -0.15) is 0 Å². The summed E-state index contributed by atoms with van der Waals surface area (Å²) in [6.45, 7) is 1.68. The van der Waals surface area contributed by atoms with Gasteiger partial charge >= 0.3 is 0 Å². The number of thiocarbonyl (C=S) groups is 1. The zero-order valence-electron chi connectivity index (χ0n) is 14.5. The summed E-state index contributed by atoms with van der Waals surface area (Å²) in [7, 11) is 0. The molecule has 1 aliphatic rings. The van der Waals surface area contributed by atoms with E-state index in [1.54, 1.807) is 19.2 Å². The third kappa shape index (κ3) is 3.11. The van der Waals surface area contributed by atoms with Gasteiger partial charge in [0.15, 0.2) is 10.1 Å². The highest BCUT2D eigenvalue weighted by molar-refractivity contribution is 8.27. The van der Waals surface area contributed by atoms with Crippen molar-refractivity contribution in [3.8, 4) is 5.75 Å². The van der Waals surface area contributed by atoms with Crippen molar-refractivity contribution in [1.82, 2.24) is 4.98 Å². The number of thioether (sulfide) groups is 1. The Hall–Kier alpha value is -2.61. The lowest BCUT2D eigenvalue weighted by molar-refractivity contribution is -0.113. The maximum atomic E-state index is 12.9. The second-order valence-electron chi connectivity index (χ2n) is 6.22. The number of rotatable bonds is 3. The molecule has 0 atom stereocenters. The number of benzene rings is 2. The van der Waals surface area contributed by atoms with E-state index in [-0.39, 0.29) is 21.5 Å². The maximum absolute atomic E-state index is 12.9. The number of nitrogens with one attached hydrogen (secondary N) is 1. The van der Waals surface area contributed by atoms with E-state index < -0.39 is 5.91 Å². The van der Waals surface area contributed by atoms with E-state index in [2.05, 4.69) is 4.98 Å². The minimum Gasteiger partial charge on any atom is -0.506 e. The normalized spacial score (nSPS) is 15.8. The fraction of sp³-hybridized carbons (Fsp3) is 0.0500. The van der Waals surface area contributed by atoms with Gasteiger partial charge in [-0.3, -0.25) is 14.5 Å². The van der Waals surface area contributed by atoms with Crippen molar-refractivity contribution in [2.24, 2.45) is 0 Å². The molecular formula is C20H13ClN2O3S2. The molecule has 0 bridgehead atoms. The fourth-order valence-corrected chi connectivity index (χ4v) is 4.54. The van der Waals surface area contributed by atoms with Crippen molar-refractivity contribution in [1.29, 1.82) is 0 Å². The number of nitrogens with zero attached hydrogens (tertiary/aromatic N) is 1. The molecular weight excluding hydrogens is 416 g/mol. The molecule has 2 N–H and O–H groups in total. The number of aromatic nitrogens is 1. The van der Waals surface area contributed by atoms with Gasteiger partial charge in [-0.1, -0.05) is 53.8 Å². The lowest BCUT2D eigenvalue weighted by Crippen LogP contribution is -2.27. The molecule has 0 spiro atoms. The summed E-state index contributed by atoms with van der Waals surface area (Å²) in [5, 5.41) is 10.8. The molecule has 2 aromatic carbocycles. The van der Waals surface area contributed by atoms with Crippen molar-refractivity contribution >= 4 is 68.2 Å². The fourth-order valence-electron chi connectivity index (χ4n) is 3.01. The number of amides is 1. The smallest absolute Gasteiger partial charge is 0.270 e. The number of carbonyl (C=O) groups is 2. The number of allylic oxidation sites excluding steroid dienone is 1. The average molecular weight is 429 g/mol. The quantitative estimate of drug-likeness (QED) is 0.350. The molecule has 1 aromatic heterocycles. The van der Waals surface area contributed by atoms with Crippen molar-refractivity contribution in [3.05, 3.63) is 69.7 Å². The topological polar surface area (TPSA) is 73.4 Å². The Bertz CT molecular complexity index is 1180. The highest BCUT2D eigenvalue weighted by Crippen LogP contribution is 2.39. The number of aromatic hydroxyl groups is 1. The van der Waals surface area contributed by atoms with E-state index >= 15 is 0 Å². The van der Waals surface area contributed by atoms with E-state index in [0.29, 0.717) is 21.1 Å². The second kappa shape index (κ2) is 7.09. The van der Waals surface area contributed by atoms with E-state index in [1.807, 2.05) is 24.3 Å². The van der Waals surface area contributed by atoms with Crippen LogP contribution in [0.1, 0.15) is 15.9 Å². The lowest BCUT2D eigenvalue weighted by Gasteiger charge is -2.16. The molecule has 3 aromatic rings. The molecule has 28 heavy (non-hydrogen) atoms. The number of aryl methyl sites for hydroxylation is 1. The number of phenols is 1. The van der Waals surface area contributed by atoms with Crippen LogP contribution in [0.2, 0.25) is 5.02 Å². The van der Waals surface area contributed by atoms with Gasteiger partial charge in [-0.05, 0) is 30.7 Å². The number of ketones is 1. The first-order valence-electron chi connectivity index (χ1n) is 8.24. The van der Waals surface area contributed by atoms with E-state index in [0.717, 1.165) is 22.7 Å². The van der Waals surface area contributed by atoms with Crippen LogP contribution >= 0.6 is 35.6 Å². The third-order valence-corrected chi connectivity index (χ3v) is 6.00. The van der Waals surface area contributed by atoms with Gasteiger partial charge < -0.3 is 10.1 Å². The van der Waals surface area contributed by atoms with E-state index in [4.69, 9.17) is 23.8 Å². The molecule has 4 rings (SSSR count). The van der Waals surface area contributed by atoms with Crippen LogP contribution in [0.3, 0.4) is 0 Å². The van der Waals surface area contributed by atoms with Gasteiger partial charge in [0.25, 0.3) is 5.91 Å². The minimum atomic E-state index is -0.399. The first-order chi connectivity index (χ1) is 13.4.